The number of hydrogen-bond donors (Lipinski definition) is 1. The van der Waals surface area contributed by atoms with Crippen LogP contribution in [0.4, 0.5) is 4.39 Å². The summed E-state index contributed by atoms with van der Waals surface area (Å²) in [4.78, 5) is 4.13. The lowest BCUT2D eigenvalue weighted by molar-refractivity contribution is 0.303. The van der Waals surface area contributed by atoms with E-state index in [1.165, 1.54) is 12.1 Å². The second-order valence-corrected chi connectivity index (χ2v) is 4.05. The Morgan fingerprint density at radius 3 is 2.78 bits per heavy atom. The molecule has 0 amide bonds. The molecule has 0 fully saturated rings. The summed E-state index contributed by atoms with van der Waals surface area (Å²) in [5, 5.41) is 0. The first kappa shape index (κ1) is 12.5. The first-order chi connectivity index (χ1) is 8.69. The van der Waals surface area contributed by atoms with Crippen molar-refractivity contribution < 1.29 is 9.13 Å². The van der Waals surface area contributed by atoms with Gasteiger partial charge in [0.15, 0.2) is 0 Å². The molecule has 0 spiro atoms. The van der Waals surface area contributed by atoms with Crippen molar-refractivity contribution in [2.24, 2.45) is 5.73 Å². The average molecular weight is 246 g/mol. The fraction of sp³-hybridized carbons (Fsp3) is 0.214. The SMILES string of the molecule is Cc1ccc(F)cc1COc1ccc(CN)nc1. The molecule has 18 heavy (non-hydrogen) atoms. The van der Waals surface area contributed by atoms with Gasteiger partial charge in [-0.3, -0.25) is 4.98 Å². The summed E-state index contributed by atoms with van der Waals surface area (Å²) in [5.41, 5.74) is 8.10. The molecule has 94 valence electrons. The molecule has 2 rings (SSSR count). The van der Waals surface area contributed by atoms with Crippen LogP contribution in [0.3, 0.4) is 0 Å². The van der Waals surface area contributed by atoms with E-state index in [0.29, 0.717) is 18.9 Å². The van der Waals surface area contributed by atoms with Crippen molar-refractivity contribution in [1.82, 2.24) is 4.98 Å². The minimum Gasteiger partial charge on any atom is -0.487 e. The van der Waals surface area contributed by atoms with Gasteiger partial charge >= 0.3 is 0 Å². The monoisotopic (exact) mass is 246 g/mol. The molecule has 1 heterocycles. The second kappa shape index (κ2) is 5.60. The molecule has 0 radical (unpaired) electrons. The van der Waals surface area contributed by atoms with Gasteiger partial charge < -0.3 is 10.5 Å². The van der Waals surface area contributed by atoms with E-state index >= 15 is 0 Å². The topological polar surface area (TPSA) is 48.1 Å². The maximum atomic E-state index is 13.1. The zero-order valence-electron chi connectivity index (χ0n) is 10.2. The third-order valence-electron chi connectivity index (χ3n) is 2.71. The minimum atomic E-state index is -0.254. The third-order valence-corrected chi connectivity index (χ3v) is 2.71. The summed E-state index contributed by atoms with van der Waals surface area (Å²) in [5.74, 6) is 0.395. The maximum absolute atomic E-state index is 13.1. The standard InChI is InChI=1S/C14H15FN2O/c1-10-2-3-12(15)6-11(10)9-18-14-5-4-13(7-16)17-8-14/h2-6,8H,7,9,16H2,1H3. The molecule has 0 atom stereocenters. The number of aromatic nitrogens is 1. The van der Waals surface area contributed by atoms with Crippen molar-refractivity contribution in [2.75, 3.05) is 0 Å². The number of nitrogens with zero attached hydrogens (tertiary/aromatic N) is 1. The molecule has 0 saturated heterocycles. The highest BCUT2D eigenvalue weighted by Gasteiger charge is 2.02. The van der Waals surface area contributed by atoms with Gasteiger partial charge in [-0.2, -0.15) is 0 Å². The maximum Gasteiger partial charge on any atom is 0.138 e. The quantitative estimate of drug-likeness (QED) is 0.902. The Balaban J connectivity index is 2.04. The minimum absolute atomic E-state index is 0.254. The van der Waals surface area contributed by atoms with E-state index in [0.717, 1.165) is 16.8 Å². The normalized spacial score (nSPS) is 10.4. The van der Waals surface area contributed by atoms with Gasteiger partial charge in [0, 0.05) is 6.54 Å². The van der Waals surface area contributed by atoms with Gasteiger partial charge in [-0.15, -0.1) is 0 Å². The fourth-order valence-electron chi connectivity index (χ4n) is 1.57. The number of aryl methyl sites for hydroxylation is 1. The molecule has 0 aliphatic heterocycles. The first-order valence-corrected chi connectivity index (χ1v) is 5.72. The molecule has 0 saturated carbocycles. The Hall–Kier alpha value is -1.94. The Kier molecular flexibility index (Phi) is 3.89. The molecule has 0 bridgehead atoms. The molecule has 1 aromatic carbocycles. The fourth-order valence-corrected chi connectivity index (χ4v) is 1.57. The Morgan fingerprint density at radius 1 is 1.28 bits per heavy atom. The van der Waals surface area contributed by atoms with Crippen LogP contribution in [0.1, 0.15) is 16.8 Å². The molecule has 2 aromatic rings. The highest BCUT2D eigenvalue weighted by molar-refractivity contribution is 5.27. The number of ether oxygens (including phenoxy) is 1. The van der Waals surface area contributed by atoms with Crippen molar-refractivity contribution in [3.8, 4) is 5.75 Å². The van der Waals surface area contributed by atoms with Crippen molar-refractivity contribution >= 4 is 0 Å². The summed E-state index contributed by atoms with van der Waals surface area (Å²) >= 11 is 0. The first-order valence-electron chi connectivity index (χ1n) is 5.72. The number of halogens is 1. The largest absolute Gasteiger partial charge is 0.487 e. The number of nitrogens with two attached hydrogens (primary N) is 1. The van der Waals surface area contributed by atoms with Crippen LogP contribution >= 0.6 is 0 Å². The van der Waals surface area contributed by atoms with Gasteiger partial charge in [-0.1, -0.05) is 6.07 Å². The van der Waals surface area contributed by atoms with Crippen LogP contribution in [-0.4, -0.2) is 4.98 Å². The lowest BCUT2D eigenvalue weighted by Gasteiger charge is -2.09. The summed E-state index contributed by atoms with van der Waals surface area (Å²) in [7, 11) is 0. The molecular formula is C14H15FN2O. The lowest BCUT2D eigenvalue weighted by atomic mass is 10.1. The Morgan fingerprint density at radius 2 is 2.11 bits per heavy atom. The zero-order valence-corrected chi connectivity index (χ0v) is 10.2. The van der Waals surface area contributed by atoms with E-state index in [-0.39, 0.29) is 5.82 Å². The van der Waals surface area contributed by atoms with Crippen LogP contribution in [0.25, 0.3) is 0 Å². The van der Waals surface area contributed by atoms with E-state index in [2.05, 4.69) is 4.98 Å². The van der Waals surface area contributed by atoms with E-state index in [9.17, 15) is 4.39 Å². The molecule has 4 heteroatoms. The number of pyridine rings is 1. The molecule has 2 N–H and O–H groups in total. The van der Waals surface area contributed by atoms with Crippen molar-refractivity contribution in [3.63, 3.8) is 0 Å². The highest BCUT2D eigenvalue weighted by Crippen LogP contribution is 2.15. The highest BCUT2D eigenvalue weighted by atomic mass is 19.1. The average Bonchev–Trinajstić information content (AvgIpc) is 2.40. The summed E-state index contributed by atoms with van der Waals surface area (Å²) in [6.07, 6.45) is 1.62. The van der Waals surface area contributed by atoms with Crippen LogP contribution in [0.15, 0.2) is 36.5 Å². The van der Waals surface area contributed by atoms with Gasteiger partial charge in [0.2, 0.25) is 0 Å². The van der Waals surface area contributed by atoms with Crippen molar-refractivity contribution in [3.05, 3.63) is 59.2 Å². The molecule has 0 aliphatic carbocycles. The molecule has 3 nitrogen and oxygen atoms in total. The van der Waals surface area contributed by atoms with E-state index in [4.69, 9.17) is 10.5 Å². The van der Waals surface area contributed by atoms with Crippen LogP contribution in [0.5, 0.6) is 5.75 Å². The Bertz CT molecular complexity index is 526. The van der Waals surface area contributed by atoms with E-state index in [1.54, 1.807) is 12.3 Å². The van der Waals surface area contributed by atoms with Crippen molar-refractivity contribution in [1.29, 1.82) is 0 Å². The van der Waals surface area contributed by atoms with Crippen LogP contribution in [-0.2, 0) is 13.2 Å². The Labute approximate surface area is 105 Å². The predicted molar refractivity (Wildman–Crippen MR) is 67.6 cm³/mol. The van der Waals surface area contributed by atoms with Gasteiger partial charge in [-0.25, -0.2) is 4.39 Å². The second-order valence-electron chi connectivity index (χ2n) is 4.05. The summed E-state index contributed by atoms with van der Waals surface area (Å²) < 4.78 is 18.6. The molecular weight excluding hydrogens is 231 g/mol. The predicted octanol–water partition coefficient (Wildman–Crippen LogP) is 2.57. The smallest absolute Gasteiger partial charge is 0.138 e. The molecule has 1 aromatic heterocycles. The van der Waals surface area contributed by atoms with Gasteiger partial charge in [0.1, 0.15) is 18.2 Å². The number of hydrogen-bond acceptors (Lipinski definition) is 3. The summed E-state index contributed by atoms with van der Waals surface area (Å²) in [6, 6.07) is 8.29. The summed E-state index contributed by atoms with van der Waals surface area (Å²) in [6.45, 7) is 2.66. The van der Waals surface area contributed by atoms with Gasteiger partial charge in [-0.05, 0) is 42.3 Å². The number of benzene rings is 1. The van der Waals surface area contributed by atoms with Crippen LogP contribution < -0.4 is 10.5 Å². The van der Waals surface area contributed by atoms with Crippen molar-refractivity contribution in [2.45, 2.75) is 20.1 Å². The zero-order chi connectivity index (χ0) is 13.0. The third kappa shape index (κ3) is 3.05. The molecule has 0 aliphatic rings. The van der Waals surface area contributed by atoms with Crippen LogP contribution in [0.2, 0.25) is 0 Å². The molecule has 0 unspecified atom stereocenters. The van der Waals surface area contributed by atoms with E-state index < -0.39 is 0 Å². The van der Waals surface area contributed by atoms with Gasteiger partial charge in [0.05, 0.1) is 11.9 Å². The lowest BCUT2D eigenvalue weighted by Crippen LogP contribution is -2.01. The number of rotatable bonds is 4. The van der Waals surface area contributed by atoms with Gasteiger partial charge in [0.25, 0.3) is 0 Å². The van der Waals surface area contributed by atoms with Crippen LogP contribution in [0, 0.1) is 12.7 Å². The van der Waals surface area contributed by atoms with E-state index in [1.807, 2.05) is 19.1 Å².